The van der Waals surface area contributed by atoms with Crippen molar-refractivity contribution in [2.24, 2.45) is 0 Å². The van der Waals surface area contributed by atoms with Crippen LogP contribution in [0.1, 0.15) is 34.3 Å². The first-order valence-corrected chi connectivity index (χ1v) is 8.16. The number of ether oxygens (including phenoxy) is 1. The van der Waals surface area contributed by atoms with Crippen LogP contribution >= 0.6 is 0 Å². The second-order valence-corrected chi connectivity index (χ2v) is 5.96. The normalized spacial score (nSPS) is 10.3. The summed E-state index contributed by atoms with van der Waals surface area (Å²) < 4.78 is 17.7. The van der Waals surface area contributed by atoms with Crippen LogP contribution in [0.25, 0.3) is 0 Å². The van der Waals surface area contributed by atoms with Crippen LogP contribution in [0.2, 0.25) is 0 Å². The highest BCUT2D eigenvalue weighted by molar-refractivity contribution is 5.98. The predicted octanol–water partition coefficient (Wildman–Crippen LogP) is 3.59. The summed E-state index contributed by atoms with van der Waals surface area (Å²) in [5, 5.41) is 2.75. The van der Waals surface area contributed by atoms with Crippen molar-refractivity contribution in [3.05, 3.63) is 65.0 Å². The van der Waals surface area contributed by atoms with Gasteiger partial charge in [0.05, 0.1) is 6.42 Å². The van der Waals surface area contributed by atoms with Crippen molar-refractivity contribution in [1.82, 2.24) is 0 Å². The van der Waals surface area contributed by atoms with Crippen molar-refractivity contribution in [3.8, 4) is 0 Å². The number of hydrogen-bond donors (Lipinski definition) is 1. The second-order valence-electron chi connectivity index (χ2n) is 5.96. The van der Waals surface area contributed by atoms with Crippen molar-refractivity contribution in [2.45, 2.75) is 26.7 Å². The number of carbonyl (C=O) groups is 3. The first-order chi connectivity index (χ1) is 12.3. The number of rotatable bonds is 7. The first-order valence-electron chi connectivity index (χ1n) is 8.16. The van der Waals surface area contributed by atoms with E-state index in [2.05, 4.69) is 5.32 Å². The van der Waals surface area contributed by atoms with E-state index in [9.17, 15) is 18.8 Å². The van der Waals surface area contributed by atoms with E-state index in [1.165, 1.54) is 12.1 Å². The Bertz CT molecular complexity index is 815. The highest BCUT2D eigenvalue weighted by atomic mass is 19.1. The van der Waals surface area contributed by atoms with Gasteiger partial charge in [0, 0.05) is 17.7 Å². The number of halogens is 1. The molecule has 0 unspecified atom stereocenters. The van der Waals surface area contributed by atoms with Crippen molar-refractivity contribution in [2.75, 3.05) is 11.9 Å². The van der Waals surface area contributed by atoms with Gasteiger partial charge in [0.2, 0.25) is 5.91 Å². The first kappa shape index (κ1) is 19.3. The van der Waals surface area contributed by atoms with Gasteiger partial charge in [-0.3, -0.25) is 14.4 Å². The Morgan fingerprint density at radius 3 is 2.38 bits per heavy atom. The van der Waals surface area contributed by atoms with Gasteiger partial charge in [0.25, 0.3) is 0 Å². The number of anilines is 1. The standard InChI is InChI=1S/C20H20FNO4/c1-13-3-4-14(2)17(11-13)22-19(24)9-10-20(25)26-12-18(23)15-5-7-16(21)8-6-15/h3-8,11H,9-10,12H2,1-2H3,(H,22,24). The Labute approximate surface area is 151 Å². The molecule has 6 heteroatoms. The van der Waals surface area contributed by atoms with Crippen LogP contribution in [-0.2, 0) is 14.3 Å². The molecule has 0 radical (unpaired) electrons. The number of amides is 1. The number of Topliss-reactive ketones (excluding diaryl/α,β-unsaturated/α-hetero) is 1. The minimum Gasteiger partial charge on any atom is -0.457 e. The van der Waals surface area contributed by atoms with Gasteiger partial charge in [-0.25, -0.2) is 4.39 Å². The third kappa shape index (κ3) is 5.81. The number of ketones is 1. The Morgan fingerprint density at radius 2 is 1.69 bits per heavy atom. The SMILES string of the molecule is Cc1ccc(C)c(NC(=O)CCC(=O)OCC(=O)c2ccc(F)cc2)c1. The molecule has 26 heavy (non-hydrogen) atoms. The van der Waals surface area contributed by atoms with E-state index in [1.54, 1.807) is 0 Å². The van der Waals surface area contributed by atoms with Gasteiger partial charge < -0.3 is 10.1 Å². The summed E-state index contributed by atoms with van der Waals surface area (Å²) in [5.41, 5.74) is 2.91. The molecule has 2 aromatic carbocycles. The molecule has 1 N–H and O–H groups in total. The van der Waals surface area contributed by atoms with Gasteiger partial charge in [-0.15, -0.1) is 0 Å². The van der Waals surface area contributed by atoms with Gasteiger partial charge in [0.1, 0.15) is 5.82 Å². The zero-order valence-electron chi connectivity index (χ0n) is 14.7. The summed E-state index contributed by atoms with van der Waals surface area (Å²) in [7, 11) is 0. The Morgan fingerprint density at radius 1 is 1.00 bits per heavy atom. The van der Waals surface area contributed by atoms with E-state index in [4.69, 9.17) is 4.74 Å². The van der Waals surface area contributed by atoms with E-state index in [0.29, 0.717) is 5.69 Å². The van der Waals surface area contributed by atoms with Gasteiger partial charge in [-0.05, 0) is 55.3 Å². The molecular weight excluding hydrogens is 337 g/mol. The largest absolute Gasteiger partial charge is 0.457 e. The fraction of sp³-hybridized carbons (Fsp3) is 0.250. The van der Waals surface area contributed by atoms with Gasteiger partial charge in [-0.2, -0.15) is 0 Å². The lowest BCUT2D eigenvalue weighted by molar-refractivity contribution is -0.143. The Kier molecular flexibility index (Phi) is 6.60. The number of nitrogens with one attached hydrogen (secondary N) is 1. The average molecular weight is 357 g/mol. The molecule has 0 aromatic heterocycles. The summed E-state index contributed by atoms with van der Waals surface area (Å²) in [6.45, 7) is 3.36. The number of esters is 1. The minimum atomic E-state index is -0.642. The highest BCUT2D eigenvalue weighted by Crippen LogP contribution is 2.16. The second kappa shape index (κ2) is 8.89. The van der Waals surface area contributed by atoms with Crippen molar-refractivity contribution >= 4 is 23.3 Å². The third-order valence-corrected chi connectivity index (χ3v) is 3.75. The molecule has 0 bridgehead atoms. The van der Waals surface area contributed by atoms with E-state index in [1.807, 2.05) is 32.0 Å². The zero-order chi connectivity index (χ0) is 19.1. The lowest BCUT2D eigenvalue weighted by Crippen LogP contribution is -2.17. The van der Waals surface area contributed by atoms with E-state index >= 15 is 0 Å². The summed E-state index contributed by atoms with van der Waals surface area (Å²) >= 11 is 0. The Hall–Kier alpha value is -3.02. The summed E-state index contributed by atoms with van der Waals surface area (Å²) in [6, 6.07) is 10.7. The average Bonchev–Trinajstić information content (AvgIpc) is 2.61. The molecular formula is C20H20FNO4. The molecule has 0 fully saturated rings. The van der Waals surface area contributed by atoms with Gasteiger partial charge in [-0.1, -0.05) is 12.1 Å². The smallest absolute Gasteiger partial charge is 0.306 e. The molecule has 0 aliphatic rings. The minimum absolute atomic E-state index is 0.0447. The molecule has 0 atom stereocenters. The van der Waals surface area contributed by atoms with Gasteiger partial charge >= 0.3 is 5.97 Å². The molecule has 5 nitrogen and oxygen atoms in total. The number of carbonyl (C=O) groups excluding carboxylic acids is 3. The van der Waals surface area contributed by atoms with Crippen LogP contribution in [0, 0.1) is 19.7 Å². The lowest BCUT2D eigenvalue weighted by Gasteiger charge is -2.09. The maximum Gasteiger partial charge on any atom is 0.306 e. The molecule has 0 aliphatic heterocycles. The summed E-state index contributed by atoms with van der Waals surface area (Å²) in [6.07, 6.45) is -0.176. The van der Waals surface area contributed by atoms with Crippen LogP contribution in [0.4, 0.5) is 10.1 Å². The molecule has 0 heterocycles. The molecule has 2 rings (SSSR count). The lowest BCUT2D eigenvalue weighted by atomic mass is 10.1. The number of aryl methyl sites for hydroxylation is 2. The molecule has 0 saturated heterocycles. The molecule has 0 aliphatic carbocycles. The third-order valence-electron chi connectivity index (χ3n) is 3.75. The molecule has 2 aromatic rings. The molecule has 136 valence electrons. The fourth-order valence-corrected chi connectivity index (χ4v) is 2.24. The zero-order valence-corrected chi connectivity index (χ0v) is 14.7. The van der Waals surface area contributed by atoms with Crippen LogP contribution in [0.5, 0.6) is 0 Å². The van der Waals surface area contributed by atoms with Gasteiger partial charge in [0.15, 0.2) is 12.4 Å². The van der Waals surface area contributed by atoms with Crippen LogP contribution in [-0.4, -0.2) is 24.3 Å². The van der Waals surface area contributed by atoms with Crippen LogP contribution < -0.4 is 5.32 Å². The molecule has 1 amide bonds. The maximum atomic E-state index is 12.8. The van der Waals surface area contributed by atoms with E-state index < -0.39 is 24.2 Å². The van der Waals surface area contributed by atoms with Crippen molar-refractivity contribution < 1.29 is 23.5 Å². The molecule has 0 saturated carbocycles. The van der Waals surface area contributed by atoms with E-state index in [-0.39, 0.29) is 24.3 Å². The highest BCUT2D eigenvalue weighted by Gasteiger charge is 2.12. The maximum absolute atomic E-state index is 12.8. The topological polar surface area (TPSA) is 72.5 Å². The summed E-state index contributed by atoms with van der Waals surface area (Å²) in [5.74, 6) is -1.83. The quantitative estimate of drug-likeness (QED) is 0.607. The van der Waals surface area contributed by atoms with E-state index in [0.717, 1.165) is 23.3 Å². The van der Waals surface area contributed by atoms with Crippen LogP contribution in [0.3, 0.4) is 0 Å². The number of benzene rings is 2. The van der Waals surface area contributed by atoms with Crippen LogP contribution in [0.15, 0.2) is 42.5 Å². The Balaban J connectivity index is 1.75. The van der Waals surface area contributed by atoms with Crippen molar-refractivity contribution in [1.29, 1.82) is 0 Å². The monoisotopic (exact) mass is 357 g/mol. The predicted molar refractivity (Wildman–Crippen MR) is 95.5 cm³/mol. The molecule has 0 spiro atoms. The number of hydrogen-bond acceptors (Lipinski definition) is 4. The fourth-order valence-electron chi connectivity index (χ4n) is 2.24. The van der Waals surface area contributed by atoms with Crippen molar-refractivity contribution in [3.63, 3.8) is 0 Å². The summed E-state index contributed by atoms with van der Waals surface area (Å²) in [4.78, 5) is 35.5.